The lowest BCUT2D eigenvalue weighted by molar-refractivity contribution is -0.123. The van der Waals surface area contributed by atoms with Crippen molar-refractivity contribution in [3.63, 3.8) is 0 Å². The molecule has 2 atom stereocenters. The summed E-state index contributed by atoms with van der Waals surface area (Å²) in [6.45, 7) is 5.66. The maximum Gasteiger partial charge on any atom is 0.222 e. The molecule has 1 N–H and O–H groups in total. The molecule has 2 fully saturated rings. The molecule has 0 spiro atoms. The van der Waals surface area contributed by atoms with Gasteiger partial charge in [0.15, 0.2) is 0 Å². The van der Waals surface area contributed by atoms with Crippen LogP contribution < -0.4 is 10.2 Å². The number of ether oxygens (including phenoxy) is 1. The number of amides is 1. The molecule has 126 valence electrons. The molecular weight excluding hydrogens is 312 g/mol. The van der Waals surface area contributed by atoms with Gasteiger partial charge in [-0.1, -0.05) is 17.7 Å². The van der Waals surface area contributed by atoms with Crippen LogP contribution in [0.25, 0.3) is 0 Å². The molecule has 5 heteroatoms. The van der Waals surface area contributed by atoms with Crippen molar-refractivity contribution in [2.75, 3.05) is 31.1 Å². The Morgan fingerprint density at radius 2 is 2.30 bits per heavy atom. The Morgan fingerprint density at radius 3 is 3.09 bits per heavy atom. The average Bonchev–Trinajstić information content (AvgIpc) is 3.19. The second-order valence-electron chi connectivity index (χ2n) is 6.67. The number of anilines is 1. The summed E-state index contributed by atoms with van der Waals surface area (Å²) in [5.41, 5.74) is 2.46. The highest BCUT2D eigenvalue weighted by molar-refractivity contribution is 6.30. The number of hydrogen-bond donors (Lipinski definition) is 1. The van der Waals surface area contributed by atoms with E-state index in [1.807, 2.05) is 12.1 Å². The van der Waals surface area contributed by atoms with E-state index in [0.717, 1.165) is 50.5 Å². The third-order valence-corrected chi connectivity index (χ3v) is 5.06. The molecule has 2 saturated heterocycles. The van der Waals surface area contributed by atoms with E-state index in [1.54, 1.807) is 0 Å². The minimum absolute atomic E-state index is 0.120. The molecule has 1 aromatic carbocycles. The van der Waals surface area contributed by atoms with E-state index in [4.69, 9.17) is 16.3 Å². The fraction of sp³-hybridized carbons (Fsp3) is 0.611. The van der Waals surface area contributed by atoms with E-state index >= 15 is 0 Å². The van der Waals surface area contributed by atoms with Gasteiger partial charge in [0, 0.05) is 37.0 Å². The van der Waals surface area contributed by atoms with Gasteiger partial charge in [-0.2, -0.15) is 0 Å². The monoisotopic (exact) mass is 336 g/mol. The van der Waals surface area contributed by atoms with Gasteiger partial charge in [0.25, 0.3) is 0 Å². The summed E-state index contributed by atoms with van der Waals surface area (Å²) in [6.07, 6.45) is 3.83. The summed E-state index contributed by atoms with van der Waals surface area (Å²) in [5.74, 6) is 0.621. The first-order chi connectivity index (χ1) is 11.1. The summed E-state index contributed by atoms with van der Waals surface area (Å²) in [5, 5.41) is 3.85. The van der Waals surface area contributed by atoms with Crippen molar-refractivity contribution in [2.24, 2.45) is 5.92 Å². The van der Waals surface area contributed by atoms with Crippen molar-refractivity contribution in [1.82, 2.24) is 5.32 Å². The summed E-state index contributed by atoms with van der Waals surface area (Å²) in [4.78, 5) is 14.4. The Balaban J connectivity index is 1.46. The SMILES string of the molecule is Cc1ccc(Cl)cc1N1CC[C@@H](CNC(=O)C[C@@H]2CCCO2)C1. The van der Waals surface area contributed by atoms with Gasteiger partial charge in [-0.15, -0.1) is 0 Å². The predicted molar refractivity (Wildman–Crippen MR) is 93.1 cm³/mol. The largest absolute Gasteiger partial charge is 0.378 e. The minimum Gasteiger partial charge on any atom is -0.378 e. The van der Waals surface area contributed by atoms with Crippen LogP contribution in [-0.4, -0.2) is 38.3 Å². The minimum atomic E-state index is 0.120. The Kier molecular flexibility index (Phi) is 5.44. The Labute approximate surface area is 143 Å². The molecule has 3 rings (SSSR count). The molecule has 2 heterocycles. The van der Waals surface area contributed by atoms with Crippen LogP contribution in [0.1, 0.15) is 31.2 Å². The van der Waals surface area contributed by atoms with E-state index in [9.17, 15) is 4.79 Å². The summed E-state index contributed by atoms with van der Waals surface area (Å²) in [6, 6.07) is 6.03. The maximum atomic E-state index is 12.0. The molecule has 0 unspecified atom stereocenters. The lowest BCUT2D eigenvalue weighted by Gasteiger charge is -2.21. The van der Waals surface area contributed by atoms with Crippen LogP contribution in [0.4, 0.5) is 5.69 Å². The highest BCUT2D eigenvalue weighted by Gasteiger charge is 2.25. The highest BCUT2D eigenvalue weighted by atomic mass is 35.5. The van der Waals surface area contributed by atoms with Crippen LogP contribution in [-0.2, 0) is 9.53 Å². The van der Waals surface area contributed by atoms with E-state index < -0.39 is 0 Å². The van der Waals surface area contributed by atoms with Gasteiger partial charge >= 0.3 is 0 Å². The quantitative estimate of drug-likeness (QED) is 0.898. The molecule has 0 aromatic heterocycles. The van der Waals surface area contributed by atoms with Crippen molar-refractivity contribution < 1.29 is 9.53 Å². The van der Waals surface area contributed by atoms with Gasteiger partial charge in [0.2, 0.25) is 5.91 Å². The van der Waals surface area contributed by atoms with E-state index in [-0.39, 0.29) is 12.0 Å². The molecular formula is C18H25ClN2O2. The van der Waals surface area contributed by atoms with Crippen molar-refractivity contribution in [2.45, 2.75) is 38.7 Å². The number of hydrogen-bond acceptors (Lipinski definition) is 3. The molecule has 0 radical (unpaired) electrons. The van der Waals surface area contributed by atoms with Gasteiger partial charge in [0.05, 0.1) is 12.5 Å². The number of halogens is 1. The van der Waals surface area contributed by atoms with Gasteiger partial charge in [0.1, 0.15) is 0 Å². The van der Waals surface area contributed by atoms with E-state index in [1.165, 1.54) is 11.3 Å². The number of rotatable bonds is 5. The second-order valence-corrected chi connectivity index (χ2v) is 7.11. The standard InChI is InChI=1S/C18H25ClN2O2/c1-13-4-5-15(19)9-17(13)21-7-6-14(12-21)11-20-18(22)10-16-3-2-8-23-16/h4-5,9,14,16H,2-3,6-8,10-12H2,1H3,(H,20,22)/t14-,16-/m0/s1. The molecule has 4 nitrogen and oxygen atoms in total. The van der Waals surface area contributed by atoms with Crippen molar-refractivity contribution in [1.29, 1.82) is 0 Å². The number of benzene rings is 1. The summed E-state index contributed by atoms with van der Waals surface area (Å²) >= 11 is 6.12. The Bertz CT molecular complexity index is 558. The molecule has 0 bridgehead atoms. The Morgan fingerprint density at radius 1 is 1.43 bits per heavy atom. The van der Waals surface area contributed by atoms with Gasteiger partial charge in [-0.05, 0) is 49.8 Å². The van der Waals surface area contributed by atoms with Crippen molar-refractivity contribution in [3.8, 4) is 0 Å². The Hall–Kier alpha value is -1.26. The fourth-order valence-corrected chi connectivity index (χ4v) is 3.65. The third-order valence-electron chi connectivity index (χ3n) is 4.82. The van der Waals surface area contributed by atoms with Crippen LogP contribution in [0.15, 0.2) is 18.2 Å². The molecule has 0 aliphatic carbocycles. The number of carbonyl (C=O) groups excluding carboxylic acids is 1. The lowest BCUT2D eigenvalue weighted by Crippen LogP contribution is -2.33. The van der Waals surface area contributed by atoms with Gasteiger partial charge in [-0.3, -0.25) is 4.79 Å². The average molecular weight is 337 g/mol. The predicted octanol–water partition coefficient (Wildman–Crippen LogP) is 3.16. The van der Waals surface area contributed by atoms with Crippen molar-refractivity contribution >= 4 is 23.2 Å². The topological polar surface area (TPSA) is 41.6 Å². The van der Waals surface area contributed by atoms with Gasteiger partial charge in [-0.25, -0.2) is 0 Å². The third kappa shape index (κ3) is 4.39. The van der Waals surface area contributed by atoms with Crippen LogP contribution in [0.2, 0.25) is 5.02 Å². The van der Waals surface area contributed by atoms with Crippen molar-refractivity contribution in [3.05, 3.63) is 28.8 Å². The smallest absolute Gasteiger partial charge is 0.222 e. The van der Waals surface area contributed by atoms with Crippen LogP contribution in [0, 0.1) is 12.8 Å². The lowest BCUT2D eigenvalue weighted by atomic mass is 10.1. The first-order valence-corrected chi connectivity index (χ1v) is 8.89. The zero-order valence-corrected chi connectivity index (χ0v) is 14.4. The van der Waals surface area contributed by atoms with E-state index in [2.05, 4.69) is 23.2 Å². The van der Waals surface area contributed by atoms with Crippen LogP contribution >= 0.6 is 11.6 Å². The molecule has 1 amide bonds. The van der Waals surface area contributed by atoms with Crippen LogP contribution in [0.3, 0.4) is 0 Å². The molecule has 0 saturated carbocycles. The normalized spacial score (nSPS) is 24.2. The zero-order valence-electron chi connectivity index (χ0n) is 13.7. The van der Waals surface area contributed by atoms with Gasteiger partial charge < -0.3 is 15.0 Å². The second kappa shape index (κ2) is 7.54. The maximum absolute atomic E-state index is 12.0. The number of nitrogens with zero attached hydrogens (tertiary/aromatic N) is 1. The van der Waals surface area contributed by atoms with Crippen LogP contribution in [0.5, 0.6) is 0 Å². The molecule has 23 heavy (non-hydrogen) atoms. The first kappa shape index (κ1) is 16.6. The molecule has 2 aliphatic heterocycles. The zero-order chi connectivity index (χ0) is 16.2. The number of carbonyl (C=O) groups is 1. The van der Waals surface area contributed by atoms with E-state index in [0.29, 0.717) is 12.3 Å². The number of nitrogens with one attached hydrogen (secondary N) is 1. The first-order valence-electron chi connectivity index (χ1n) is 8.51. The highest BCUT2D eigenvalue weighted by Crippen LogP contribution is 2.29. The number of aryl methyl sites for hydroxylation is 1. The fourth-order valence-electron chi connectivity index (χ4n) is 3.48. The summed E-state index contributed by atoms with van der Waals surface area (Å²) in [7, 11) is 0. The summed E-state index contributed by atoms with van der Waals surface area (Å²) < 4.78 is 5.51. The molecule has 1 aromatic rings. The molecule has 2 aliphatic rings.